The van der Waals surface area contributed by atoms with Crippen LogP contribution in [-0.4, -0.2) is 14.6 Å². The van der Waals surface area contributed by atoms with Gasteiger partial charge in [0.2, 0.25) is 0 Å². The first kappa shape index (κ1) is 17.6. The van der Waals surface area contributed by atoms with Gasteiger partial charge in [-0.1, -0.05) is 12.1 Å². The predicted octanol–water partition coefficient (Wildman–Crippen LogP) is 4.41. The molecule has 23 heavy (non-hydrogen) atoms. The van der Waals surface area contributed by atoms with E-state index < -0.39 is 32.5 Å². The molecule has 2 rings (SSSR count). The Morgan fingerprint density at radius 3 is 2.22 bits per heavy atom. The number of hydrogen-bond acceptors (Lipinski definition) is 2. The van der Waals surface area contributed by atoms with Gasteiger partial charge in [0.05, 0.1) is 14.9 Å². The minimum atomic E-state index is -4.56. The zero-order valence-electron chi connectivity index (χ0n) is 11.2. The van der Waals surface area contributed by atoms with Crippen LogP contribution < -0.4 is 0 Å². The second-order valence-electron chi connectivity index (χ2n) is 4.37. The van der Waals surface area contributed by atoms with Gasteiger partial charge in [0.25, 0.3) is 10.0 Å². The molecule has 0 radical (unpaired) electrons. The smallest absolute Gasteiger partial charge is 0.206 e. The molecule has 0 N–H and O–H groups in total. The van der Waals surface area contributed by atoms with E-state index in [1.807, 2.05) is 0 Å². The van der Waals surface area contributed by atoms with Gasteiger partial charge in [0.1, 0.15) is 5.82 Å². The van der Waals surface area contributed by atoms with E-state index in [-0.39, 0.29) is 10.0 Å². The van der Waals surface area contributed by atoms with E-state index in [0.29, 0.717) is 12.1 Å². The number of alkyl halides is 3. The van der Waals surface area contributed by atoms with Gasteiger partial charge in [-0.05, 0) is 46.3 Å². The molecule has 0 atom stereocenters. The maximum absolute atomic E-state index is 13.3. The van der Waals surface area contributed by atoms with E-state index in [2.05, 4.69) is 20.3 Å². The van der Waals surface area contributed by atoms with Crippen molar-refractivity contribution in [2.24, 2.45) is 4.40 Å². The van der Waals surface area contributed by atoms with E-state index >= 15 is 0 Å². The fourth-order valence-corrected chi connectivity index (χ4v) is 2.84. The Hall–Kier alpha value is -1.74. The number of rotatable bonds is 3. The van der Waals surface area contributed by atoms with Crippen molar-refractivity contribution in [3.05, 3.63) is 63.9 Å². The lowest BCUT2D eigenvalue weighted by Gasteiger charge is -2.06. The molecule has 0 saturated heterocycles. The van der Waals surface area contributed by atoms with Crippen molar-refractivity contribution < 1.29 is 26.0 Å². The summed E-state index contributed by atoms with van der Waals surface area (Å²) in [6, 6.07) is 6.91. The zero-order chi connectivity index (χ0) is 17.3. The van der Waals surface area contributed by atoms with Gasteiger partial charge >= 0.3 is 6.18 Å². The molecule has 9 heteroatoms. The lowest BCUT2D eigenvalue weighted by Crippen LogP contribution is -2.05. The van der Waals surface area contributed by atoms with Gasteiger partial charge in [-0.2, -0.15) is 26.0 Å². The second kappa shape index (κ2) is 6.40. The van der Waals surface area contributed by atoms with Gasteiger partial charge < -0.3 is 0 Å². The van der Waals surface area contributed by atoms with E-state index in [4.69, 9.17) is 0 Å². The number of nitrogens with zero attached hydrogens (tertiary/aromatic N) is 1. The lowest BCUT2D eigenvalue weighted by molar-refractivity contribution is -0.137. The summed E-state index contributed by atoms with van der Waals surface area (Å²) in [7, 11) is -4.19. The van der Waals surface area contributed by atoms with Crippen molar-refractivity contribution in [3.8, 4) is 0 Å². The molecule has 0 bridgehead atoms. The van der Waals surface area contributed by atoms with Crippen LogP contribution in [0.2, 0.25) is 0 Å². The van der Waals surface area contributed by atoms with Gasteiger partial charge in [0, 0.05) is 11.8 Å². The lowest BCUT2D eigenvalue weighted by atomic mass is 10.2. The maximum Gasteiger partial charge on any atom is 0.416 e. The fourth-order valence-electron chi connectivity index (χ4n) is 1.62. The molecular formula is C14H8BrF4NO2S. The minimum absolute atomic E-state index is 0.0337. The topological polar surface area (TPSA) is 46.5 Å². The average molecular weight is 410 g/mol. The number of benzene rings is 2. The van der Waals surface area contributed by atoms with Crippen LogP contribution >= 0.6 is 15.9 Å². The van der Waals surface area contributed by atoms with Gasteiger partial charge in [0.15, 0.2) is 0 Å². The molecule has 0 aliphatic heterocycles. The number of halogens is 5. The van der Waals surface area contributed by atoms with E-state index in [9.17, 15) is 26.0 Å². The van der Waals surface area contributed by atoms with Crippen molar-refractivity contribution in [2.45, 2.75) is 11.1 Å². The molecule has 2 aromatic carbocycles. The molecule has 122 valence electrons. The molecule has 0 aromatic heterocycles. The van der Waals surface area contributed by atoms with Crippen molar-refractivity contribution >= 4 is 32.2 Å². The summed E-state index contributed by atoms with van der Waals surface area (Å²) in [6.07, 6.45) is -3.64. The molecular weight excluding hydrogens is 402 g/mol. The van der Waals surface area contributed by atoms with Crippen molar-refractivity contribution in [1.29, 1.82) is 0 Å². The van der Waals surface area contributed by atoms with Gasteiger partial charge in [-0.3, -0.25) is 0 Å². The van der Waals surface area contributed by atoms with Crippen LogP contribution in [0.25, 0.3) is 0 Å². The third-order valence-corrected chi connectivity index (χ3v) is 4.88. The highest BCUT2D eigenvalue weighted by molar-refractivity contribution is 9.10. The van der Waals surface area contributed by atoms with Gasteiger partial charge in [-0.25, -0.2) is 4.39 Å². The molecule has 3 nitrogen and oxygen atoms in total. The SMILES string of the molecule is O=S(=O)(/N=C/c1cccc(F)c1Br)c1ccc(C(F)(F)F)cc1. The van der Waals surface area contributed by atoms with Crippen LogP contribution in [-0.2, 0) is 16.2 Å². The zero-order valence-corrected chi connectivity index (χ0v) is 13.6. The highest BCUT2D eigenvalue weighted by Crippen LogP contribution is 2.30. The summed E-state index contributed by atoms with van der Waals surface area (Å²) < 4.78 is 78.0. The Labute approximate surface area is 137 Å². The molecule has 0 aliphatic carbocycles. The van der Waals surface area contributed by atoms with E-state index in [1.165, 1.54) is 18.2 Å². The molecule has 0 unspecified atom stereocenters. The Morgan fingerprint density at radius 1 is 1.04 bits per heavy atom. The van der Waals surface area contributed by atoms with Crippen molar-refractivity contribution in [2.75, 3.05) is 0 Å². The predicted molar refractivity (Wildman–Crippen MR) is 80.3 cm³/mol. The van der Waals surface area contributed by atoms with Crippen LogP contribution in [0, 0.1) is 5.82 Å². The monoisotopic (exact) mass is 409 g/mol. The molecule has 2 aromatic rings. The highest BCUT2D eigenvalue weighted by atomic mass is 79.9. The van der Waals surface area contributed by atoms with Crippen molar-refractivity contribution in [1.82, 2.24) is 0 Å². The molecule has 0 amide bonds. The largest absolute Gasteiger partial charge is 0.416 e. The number of sulfonamides is 1. The first-order valence-electron chi connectivity index (χ1n) is 6.03. The van der Waals surface area contributed by atoms with Crippen LogP contribution in [0.1, 0.15) is 11.1 Å². The Morgan fingerprint density at radius 2 is 1.65 bits per heavy atom. The maximum atomic E-state index is 13.3. The molecule has 0 saturated carbocycles. The standard InChI is InChI=1S/C14H8BrF4NO2S/c15-13-9(2-1-3-12(13)16)8-20-23(21,22)11-6-4-10(5-7-11)14(17,18)19/h1-8H/b20-8+. The summed E-state index contributed by atoms with van der Waals surface area (Å²) in [6.45, 7) is 0. The van der Waals surface area contributed by atoms with Crippen LogP contribution in [0.3, 0.4) is 0 Å². The Kier molecular flexibility index (Phi) is 4.90. The molecule has 0 aliphatic rings. The fraction of sp³-hybridized carbons (Fsp3) is 0.0714. The van der Waals surface area contributed by atoms with Crippen LogP contribution in [0.5, 0.6) is 0 Å². The van der Waals surface area contributed by atoms with Crippen molar-refractivity contribution in [3.63, 3.8) is 0 Å². The summed E-state index contributed by atoms with van der Waals surface area (Å²) in [5.41, 5.74) is -0.784. The second-order valence-corrected chi connectivity index (χ2v) is 6.80. The third kappa shape index (κ3) is 4.17. The summed E-state index contributed by atoms with van der Waals surface area (Å²) in [4.78, 5) is -0.394. The minimum Gasteiger partial charge on any atom is -0.206 e. The quantitative estimate of drug-likeness (QED) is 0.556. The summed E-state index contributed by atoms with van der Waals surface area (Å²) in [5, 5.41) is 0. The van der Waals surface area contributed by atoms with Crippen LogP contribution in [0.4, 0.5) is 17.6 Å². The molecule has 0 spiro atoms. The highest BCUT2D eigenvalue weighted by Gasteiger charge is 2.30. The van der Waals surface area contributed by atoms with Crippen LogP contribution in [0.15, 0.2) is 56.2 Å². The normalized spacial score (nSPS) is 12.7. The molecule has 0 fully saturated rings. The summed E-state index contributed by atoms with van der Waals surface area (Å²) in [5.74, 6) is -0.596. The van der Waals surface area contributed by atoms with E-state index in [0.717, 1.165) is 18.3 Å². The third-order valence-electron chi connectivity index (χ3n) is 2.79. The molecule has 0 heterocycles. The first-order valence-corrected chi connectivity index (χ1v) is 8.26. The van der Waals surface area contributed by atoms with E-state index in [1.54, 1.807) is 0 Å². The summed E-state index contributed by atoms with van der Waals surface area (Å²) >= 11 is 2.95. The van der Waals surface area contributed by atoms with Gasteiger partial charge in [-0.15, -0.1) is 0 Å². The Balaban J connectivity index is 2.32. The first-order chi connectivity index (χ1) is 10.6. The average Bonchev–Trinajstić information content (AvgIpc) is 2.48. The Bertz CT molecular complexity index is 846. The number of hydrogen-bond donors (Lipinski definition) is 0.